The van der Waals surface area contributed by atoms with E-state index < -0.39 is 23.0 Å². The Morgan fingerprint density at radius 1 is 1.39 bits per heavy atom. The Morgan fingerprint density at radius 2 is 2.13 bits per heavy atom. The quantitative estimate of drug-likeness (QED) is 0.848. The zero-order valence-electron chi connectivity index (χ0n) is 12.7. The summed E-state index contributed by atoms with van der Waals surface area (Å²) in [4.78, 5) is 25.4. The molecule has 1 aromatic rings. The highest BCUT2D eigenvalue weighted by molar-refractivity contribution is 5.81. The average Bonchev–Trinajstić information content (AvgIpc) is 2.50. The van der Waals surface area contributed by atoms with E-state index in [0.29, 0.717) is 19.4 Å². The summed E-state index contributed by atoms with van der Waals surface area (Å²) in [6.45, 7) is 4.11. The average molecular weight is 323 g/mol. The fourth-order valence-electron chi connectivity index (χ4n) is 2.99. The molecule has 0 radical (unpaired) electrons. The maximum atomic E-state index is 13.7. The van der Waals surface area contributed by atoms with Crippen molar-refractivity contribution in [2.75, 3.05) is 13.1 Å². The Bertz CT molecular complexity index is 632. The Hall–Kier alpha value is -2.24. The van der Waals surface area contributed by atoms with Crippen molar-refractivity contribution < 1.29 is 23.5 Å². The summed E-state index contributed by atoms with van der Waals surface area (Å²) < 4.78 is 26.6. The van der Waals surface area contributed by atoms with Crippen LogP contribution in [0.1, 0.15) is 24.8 Å². The fourth-order valence-corrected chi connectivity index (χ4v) is 2.99. The number of amides is 1. The summed E-state index contributed by atoms with van der Waals surface area (Å²) in [5.41, 5.74) is -0.927. The van der Waals surface area contributed by atoms with E-state index in [0.717, 1.165) is 12.1 Å². The second kappa shape index (κ2) is 6.89. The lowest BCUT2D eigenvalue weighted by molar-refractivity contribution is -0.154. The molecule has 1 aromatic carbocycles. The van der Waals surface area contributed by atoms with E-state index in [9.17, 15) is 23.5 Å². The number of carbonyl (C=O) groups is 2. The monoisotopic (exact) mass is 323 g/mol. The number of piperidine rings is 1. The van der Waals surface area contributed by atoms with E-state index >= 15 is 0 Å². The molecule has 1 saturated heterocycles. The minimum absolute atomic E-state index is 0.0794. The van der Waals surface area contributed by atoms with Gasteiger partial charge in [-0.2, -0.15) is 0 Å². The van der Waals surface area contributed by atoms with Gasteiger partial charge >= 0.3 is 5.97 Å². The van der Waals surface area contributed by atoms with E-state index in [1.807, 2.05) is 0 Å². The minimum Gasteiger partial charge on any atom is -0.481 e. The number of carboxylic acids is 1. The zero-order chi connectivity index (χ0) is 17.0. The van der Waals surface area contributed by atoms with E-state index in [2.05, 4.69) is 6.58 Å². The van der Waals surface area contributed by atoms with Crippen molar-refractivity contribution in [3.63, 3.8) is 0 Å². The molecule has 2 rings (SSSR count). The molecule has 23 heavy (non-hydrogen) atoms. The number of hydrogen-bond acceptors (Lipinski definition) is 2. The van der Waals surface area contributed by atoms with Crippen LogP contribution in [-0.4, -0.2) is 35.0 Å². The molecule has 4 nitrogen and oxygen atoms in total. The van der Waals surface area contributed by atoms with Gasteiger partial charge in [0.15, 0.2) is 0 Å². The summed E-state index contributed by atoms with van der Waals surface area (Å²) in [5, 5.41) is 9.50. The predicted octanol–water partition coefficient (Wildman–Crippen LogP) is 2.78. The first-order valence-corrected chi connectivity index (χ1v) is 7.44. The second-order valence-electron chi connectivity index (χ2n) is 5.91. The number of carbonyl (C=O) groups excluding carboxylic acids is 1. The molecule has 0 saturated carbocycles. The molecule has 0 spiro atoms. The van der Waals surface area contributed by atoms with E-state index in [1.165, 1.54) is 11.0 Å². The number of halogens is 2. The van der Waals surface area contributed by atoms with Crippen LogP contribution in [0.25, 0.3) is 0 Å². The number of allylic oxidation sites excluding steroid dienone is 1. The van der Waals surface area contributed by atoms with Gasteiger partial charge in [-0.25, -0.2) is 8.78 Å². The number of nitrogens with zero attached hydrogens (tertiary/aromatic N) is 1. The van der Waals surface area contributed by atoms with Gasteiger partial charge in [0.05, 0.1) is 11.8 Å². The Balaban J connectivity index is 2.12. The highest BCUT2D eigenvalue weighted by Gasteiger charge is 2.42. The van der Waals surface area contributed by atoms with Gasteiger partial charge in [-0.15, -0.1) is 6.58 Å². The number of carboxylic acid groups (broad SMARTS) is 1. The van der Waals surface area contributed by atoms with Crippen LogP contribution in [0.2, 0.25) is 0 Å². The van der Waals surface area contributed by atoms with Crippen molar-refractivity contribution in [1.82, 2.24) is 4.90 Å². The van der Waals surface area contributed by atoms with Gasteiger partial charge in [-0.3, -0.25) is 9.59 Å². The van der Waals surface area contributed by atoms with Gasteiger partial charge in [0.1, 0.15) is 11.6 Å². The summed E-state index contributed by atoms with van der Waals surface area (Å²) in [6, 6.07) is 3.07. The highest BCUT2D eigenvalue weighted by Crippen LogP contribution is 2.34. The van der Waals surface area contributed by atoms with Crippen molar-refractivity contribution in [3.8, 4) is 0 Å². The van der Waals surface area contributed by atoms with Crippen LogP contribution in [0, 0.1) is 17.0 Å². The zero-order valence-corrected chi connectivity index (χ0v) is 12.7. The standard InChI is InChI=1S/C17H19F2NO3/c1-2-6-17(16(22)23)7-3-8-20(11-17)15(21)9-12-4-5-13(18)10-14(12)19/h2,4-5,10H,1,3,6-9,11H2,(H,22,23). The van der Waals surface area contributed by atoms with E-state index in [-0.39, 0.29) is 30.9 Å². The number of likely N-dealkylation sites (tertiary alicyclic amines) is 1. The van der Waals surface area contributed by atoms with Crippen molar-refractivity contribution in [2.45, 2.75) is 25.7 Å². The lowest BCUT2D eigenvalue weighted by atomic mass is 9.77. The normalized spacial score (nSPS) is 21.0. The first kappa shape index (κ1) is 17.1. The first-order chi connectivity index (χ1) is 10.9. The molecule has 0 aliphatic carbocycles. The fraction of sp³-hybridized carbons (Fsp3) is 0.412. The second-order valence-corrected chi connectivity index (χ2v) is 5.91. The van der Waals surface area contributed by atoms with Crippen LogP contribution in [0.15, 0.2) is 30.9 Å². The third-order valence-corrected chi connectivity index (χ3v) is 4.28. The molecule has 1 N–H and O–H groups in total. The molecular formula is C17H19F2NO3. The third kappa shape index (κ3) is 3.75. The minimum atomic E-state index is -1.03. The molecular weight excluding hydrogens is 304 g/mol. The van der Waals surface area contributed by atoms with Crippen molar-refractivity contribution >= 4 is 11.9 Å². The van der Waals surface area contributed by atoms with Crippen LogP contribution in [0.3, 0.4) is 0 Å². The molecule has 0 aromatic heterocycles. The maximum absolute atomic E-state index is 13.7. The predicted molar refractivity (Wildman–Crippen MR) is 80.8 cm³/mol. The van der Waals surface area contributed by atoms with Gasteiger partial charge < -0.3 is 10.0 Å². The molecule has 6 heteroatoms. The van der Waals surface area contributed by atoms with Crippen LogP contribution in [0.4, 0.5) is 8.78 Å². The van der Waals surface area contributed by atoms with Gasteiger partial charge in [-0.1, -0.05) is 12.1 Å². The highest BCUT2D eigenvalue weighted by atomic mass is 19.1. The van der Waals surface area contributed by atoms with Crippen molar-refractivity contribution in [3.05, 3.63) is 48.1 Å². The Morgan fingerprint density at radius 3 is 2.74 bits per heavy atom. The smallest absolute Gasteiger partial charge is 0.311 e. The van der Waals surface area contributed by atoms with Crippen molar-refractivity contribution in [1.29, 1.82) is 0 Å². The van der Waals surface area contributed by atoms with Crippen LogP contribution in [0.5, 0.6) is 0 Å². The van der Waals surface area contributed by atoms with Crippen LogP contribution >= 0.6 is 0 Å². The maximum Gasteiger partial charge on any atom is 0.311 e. The molecule has 1 heterocycles. The number of benzene rings is 1. The van der Waals surface area contributed by atoms with Gasteiger partial charge in [-0.05, 0) is 30.9 Å². The van der Waals surface area contributed by atoms with Gasteiger partial charge in [0.25, 0.3) is 0 Å². The molecule has 1 unspecified atom stereocenters. The Labute approximate surface area is 133 Å². The molecule has 1 amide bonds. The lowest BCUT2D eigenvalue weighted by Gasteiger charge is -2.39. The molecule has 1 fully saturated rings. The van der Waals surface area contributed by atoms with Gasteiger partial charge in [0, 0.05) is 19.2 Å². The number of hydrogen-bond donors (Lipinski definition) is 1. The summed E-state index contributed by atoms with van der Waals surface area (Å²) >= 11 is 0. The number of aliphatic carboxylic acids is 1. The lowest BCUT2D eigenvalue weighted by Crippen LogP contribution is -2.50. The Kier molecular flexibility index (Phi) is 5.13. The van der Waals surface area contributed by atoms with Crippen LogP contribution in [-0.2, 0) is 16.0 Å². The molecule has 1 aliphatic rings. The van der Waals surface area contributed by atoms with Crippen LogP contribution < -0.4 is 0 Å². The molecule has 1 aliphatic heterocycles. The SMILES string of the molecule is C=CCC1(C(=O)O)CCCN(C(=O)Cc2ccc(F)cc2F)C1. The summed E-state index contributed by atoms with van der Waals surface area (Å²) in [5.74, 6) is -2.79. The summed E-state index contributed by atoms with van der Waals surface area (Å²) in [6.07, 6.45) is 2.65. The van der Waals surface area contributed by atoms with E-state index in [4.69, 9.17) is 0 Å². The topological polar surface area (TPSA) is 57.6 Å². The molecule has 1 atom stereocenters. The first-order valence-electron chi connectivity index (χ1n) is 7.44. The third-order valence-electron chi connectivity index (χ3n) is 4.28. The molecule has 0 bridgehead atoms. The van der Waals surface area contributed by atoms with Gasteiger partial charge in [0.2, 0.25) is 5.91 Å². The summed E-state index contributed by atoms with van der Waals surface area (Å²) in [7, 11) is 0. The number of rotatable bonds is 5. The van der Waals surface area contributed by atoms with E-state index in [1.54, 1.807) is 6.08 Å². The molecule has 124 valence electrons. The van der Waals surface area contributed by atoms with Crippen molar-refractivity contribution in [2.24, 2.45) is 5.41 Å². The largest absolute Gasteiger partial charge is 0.481 e.